The lowest BCUT2D eigenvalue weighted by Crippen LogP contribution is -2.23. The van der Waals surface area contributed by atoms with Crippen LogP contribution in [0.3, 0.4) is 0 Å². The summed E-state index contributed by atoms with van der Waals surface area (Å²) in [7, 11) is 0. The number of nitrogens with one attached hydrogen (secondary N) is 1. The summed E-state index contributed by atoms with van der Waals surface area (Å²) in [6.07, 6.45) is 8.28. The van der Waals surface area contributed by atoms with Gasteiger partial charge in [0.1, 0.15) is 0 Å². The molecule has 1 saturated carbocycles. The Bertz CT molecular complexity index is 981. The molecule has 0 saturated heterocycles. The topological polar surface area (TPSA) is 59.8 Å². The molecule has 1 amide bonds. The number of carbonyl (C=O) groups excluding carboxylic acids is 1. The maximum absolute atomic E-state index is 12.5. The fraction of sp³-hybridized carbons (Fsp3) is 0.286. The molecule has 1 aliphatic carbocycles. The van der Waals surface area contributed by atoms with Crippen LogP contribution in [0.1, 0.15) is 47.8 Å². The van der Waals surface area contributed by atoms with Crippen LogP contribution in [-0.2, 0) is 6.54 Å². The number of hydrogen-bond donors (Lipinski definition) is 1. The molecule has 4 rings (SSSR count). The molecule has 1 N–H and O–H groups in total. The van der Waals surface area contributed by atoms with Crippen LogP contribution in [0.4, 0.5) is 0 Å². The highest BCUT2D eigenvalue weighted by molar-refractivity contribution is 6.36. The minimum atomic E-state index is -0.248. The highest BCUT2D eigenvalue weighted by Gasteiger charge is 2.22. The second-order valence-corrected chi connectivity index (χ2v) is 7.79. The van der Waals surface area contributed by atoms with Gasteiger partial charge in [-0.25, -0.2) is 0 Å². The van der Waals surface area contributed by atoms with Gasteiger partial charge in [0.25, 0.3) is 5.91 Å². The van der Waals surface area contributed by atoms with Crippen LogP contribution in [-0.4, -0.2) is 20.7 Å². The predicted molar refractivity (Wildman–Crippen MR) is 111 cm³/mol. The lowest BCUT2D eigenvalue weighted by atomic mass is 10.1. The van der Waals surface area contributed by atoms with Gasteiger partial charge in [-0.2, -0.15) is 5.10 Å². The molecule has 0 spiro atoms. The van der Waals surface area contributed by atoms with E-state index in [1.165, 1.54) is 12.8 Å². The third kappa shape index (κ3) is 4.05. The predicted octanol–water partition coefficient (Wildman–Crippen LogP) is 5.30. The van der Waals surface area contributed by atoms with E-state index in [2.05, 4.69) is 15.0 Å². The molecule has 0 bridgehead atoms. The molecule has 0 atom stereocenters. The Hall–Kier alpha value is -2.37. The van der Waals surface area contributed by atoms with E-state index in [4.69, 9.17) is 28.3 Å². The van der Waals surface area contributed by atoms with Crippen molar-refractivity contribution in [3.8, 4) is 11.3 Å². The lowest BCUT2D eigenvalue weighted by Gasteiger charge is -2.14. The first-order valence-corrected chi connectivity index (χ1v) is 10.1. The molecule has 1 aromatic carbocycles. The smallest absolute Gasteiger partial charge is 0.253 e. The van der Waals surface area contributed by atoms with Gasteiger partial charge in [0.05, 0.1) is 34.6 Å². The van der Waals surface area contributed by atoms with Crippen molar-refractivity contribution in [1.29, 1.82) is 0 Å². The van der Waals surface area contributed by atoms with Gasteiger partial charge in [-0.3, -0.25) is 14.5 Å². The summed E-state index contributed by atoms with van der Waals surface area (Å²) in [6, 6.07) is 11.2. The Kier molecular flexibility index (Phi) is 5.64. The van der Waals surface area contributed by atoms with Gasteiger partial charge >= 0.3 is 0 Å². The number of pyridine rings is 1. The number of carbonyl (C=O) groups is 1. The third-order valence-corrected chi connectivity index (χ3v) is 5.59. The molecule has 2 aromatic heterocycles. The normalized spacial score (nSPS) is 14.4. The molecule has 7 heteroatoms. The second-order valence-electron chi connectivity index (χ2n) is 6.95. The minimum Gasteiger partial charge on any atom is -0.346 e. The van der Waals surface area contributed by atoms with Gasteiger partial charge in [0.15, 0.2) is 0 Å². The minimum absolute atomic E-state index is 0.248. The van der Waals surface area contributed by atoms with E-state index in [0.717, 1.165) is 29.8 Å². The number of benzene rings is 1. The quantitative estimate of drug-likeness (QED) is 0.616. The zero-order chi connectivity index (χ0) is 19.5. The van der Waals surface area contributed by atoms with Crippen LogP contribution in [0.5, 0.6) is 0 Å². The van der Waals surface area contributed by atoms with Crippen LogP contribution in [0, 0.1) is 0 Å². The average Bonchev–Trinajstić information content (AvgIpc) is 3.36. The van der Waals surface area contributed by atoms with Gasteiger partial charge in [-0.05, 0) is 49.2 Å². The van der Waals surface area contributed by atoms with Crippen molar-refractivity contribution < 1.29 is 4.79 Å². The van der Waals surface area contributed by atoms with E-state index < -0.39 is 0 Å². The Labute approximate surface area is 173 Å². The zero-order valence-corrected chi connectivity index (χ0v) is 16.7. The molecule has 144 valence electrons. The van der Waals surface area contributed by atoms with Gasteiger partial charge in [-0.15, -0.1) is 0 Å². The maximum atomic E-state index is 12.5. The molecule has 5 nitrogen and oxygen atoms in total. The van der Waals surface area contributed by atoms with Gasteiger partial charge in [0, 0.05) is 23.0 Å². The fourth-order valence-electron chi connectivity index (χ4n) is 3.64. The summed E-state index contributed by atoms with van der Waals surface area (Å²) in [5.41, 5.74) is 3.35. The Morgan fingerprint density at radius 3 is 2.57 bits per heavy atom. The molecule has 3 aromatic rings. The van der Waals surface area contributed by atoms with E-state index in [1.807, 2.05) is 18.2 Å². The molecule has 28 heavy (non-hydrogen) atoms. The van der Waals surface area contributed by atoms with E-state index >= 15 is 0 Å². The molecule has 0 radical (unpaired) electrons. The average molecular weight is 415 g/mol. The molecule has 2 heterocycles. The Morgan fingerprint density at radius 1 is 1.11 bits per heavy atom. The monoisotopic (exact) mass is 414 g/mol. The Morgan fingerprint density at radius 2 is 1.86 bits per heavy atom. The van der Waals surface area contributed by atoms with E-state index in [9.17, 15) is 4.79 Å². The SMILES string of the molecule is O=C(NCc1cc(-c2ccncc2)n(C2CCCC2)n1)c1ccc(Cl)cc1Cl. The number of nitrogens with zero attached hydrogens (tertiary/aromatic N) is 3. The van der Waals surface area contributed by atoms with Gasteiger partial charge in [-0.1, -0.05) is 36.0 Å². The Balaban J connectivity index is 1.55. The maximum Gasteiger partial charge on any atom is 0.253 e. The van der Waals surface area contributed by atoms with Crippen molar-refractivity contribution >= 4 is 29.1 Å². The lowest BCUT2D eigenvalue weighted by molar-refractivity contribution is 0.0950. The van der Waals surface area contributed by atoms with E-state index in [0.29, 0.717) is 28.2 Å². The van der Waals surface area contributed by atoms with E-state index in [-0.39, 0.29) is 5.91 Å². The summed E-state index contributed by atoms with van der Waals surface area (Å²) in [6.45, 7) is 0.329. The summed E-state index contributed by atoms with van der Waals surface area (Å²) in [5, 5.41) is 8.53. The van der Waals surface area contributed by atoms with E-state index in [1.54, 1.807) is 30.6 Å². The van der Waals surface area contributed by atoms with Crippen molar-refractivity contribution in [1.82, 2.24) is 20.1 Å². The van der Waals surface area contributed by atoms with Crippen LogP contribution < -0.4 is 5.32 Å². The number of hydrogen-bond acceptors (Lipinski definition) is 3. The molecule has 1 aliphatic rings. The summed E-state index contributed by atoms with van der Waals surface area (Å²) < 4.78 is 2.11. The molecule has 1 fully saturated rings. The summed E-state index contributed by atoms with van der Waals surface area (Å²) in [5.74, 6) is -0.248. The number of halogens is 2. The third-order valence-electron chi connectivity index (χ3n) is 5.04. The number of aromatic nitrogens is 3. The summed E-state index contributed by atoms with van der Waals surface area (Å²) >= 11 is 12.0. The summed E-state index contributed by atoms with van der Waals surface area (Å²) in [4.78, 5) is 16.6. The number of amides is 1. The van der Waals surface area contributed by atoms with Gasteiger partial charge < -0.3 is 5.32 Å². The standard InChI is InChI=1S/C21H20Cl2N4O/c22-15-5-6-18(19(23)11-15)21(28)25-13-16-12-20(14-7-9-24-10-8-14)27(26-16)17-3-1-2-4-17/h5-12,17H,1-4,13H2,(H,25,28). The largest absolute Gasteiger partial charge is 0.346 e. The first kappa shape index (κ1) is 19.0. The molecular weight excluding hydrogens is 395 g/mol. The zero-order valence-electron chi connectivity index (χ0n) is 15.2. The molecule has 0 aliphatic heterocycles. The highest BCUT2D eigenvalue weighted by atomic mass is 35.5. The molecule has 0 unspecified atom stereocenters. The van der Waals surface area contributed by atoms with Crippen molar-refractivity contribution in [3.05, 3.63) is 70.1 Å². The van der Waals surface area contributed by atoms with Crippen molar-refractivity contribution in [2.24, 2.45) is 0 Å². The first-order valence-electron chi connectivity index (χ1n) is 9.34. The fourth-order valence-corrected chi connectivity index (χ4v) is 4.13. The molecular formula is C21H20Cl2N4O. The van der Waals surface area contributed by atoms with Crippen molar-refractivity contribution in [2.75, 3.05) is 0 Å². The highest BCUT2D eigenvalue weighted by Crippen LogP contribution is 2.33. The first-order chi connectivity index (χ1) is 13.6. The van der Waals surface area contributed by atoms with Crippen molar-refractivity contribution in [2.45, 2.75) is 38.3 Å². The van der Waals surface area contributed by atoms with Crippen LogP contribution >= 0.6 is 23.2 Å². The van der Waals surface area contributed by atoms with Crippen molar-refractivity contribution in [3.63, 3.8) is 0 Å². The van der Waals surface area contributed by atoms with Crippen LogP contribution in [0.25, 0.3) is 11.3 Å². The second kappa shape index (κ2) is 8.33. The number of rotatable bonds is 5. The van der Waals surface area contributed by atoms with Crippen LogP contribution in [0.15, 0.2) is 48.8 Å². The van der Waals surface area contributed by atoms with Gasteiger partial charge in [0.2, 0.25) is 0 Å². The van der Waals surface area contributed by atoms with Crippen LogP contribution in [0.2, 0.25) is 10.0 Å².